The Morgan fingerprint density at radius 3 is 2.61 bits per heavy atom. The average Bonchev–Trinajstić information content (AvgIpc) is 3.02. The molecule has 0 saturated heterocycles. The predicted molar refractivity (Wildman–Crippen MR) is 126 cm³/mol. The highest BCUT2D eigenvalue weighted by atomic mass is 16.3. The molecule has 3 heteroatoms. The normalized spacial score (nSPS) is 45.5. The Hall–Kier alpha value is -0.640. The molecular weight excluding hydrogens is 384 g/mol. The van der Waals surface area contributed by atoms with Gasteiger partial charge in [0.1, 0.15) is 0 Å². The summed E-state index contributed by atoms with van der Waals surface area (Å²) in [7, 11) is 0. The zero-order valence-electron chi connectivity index (χ0n) is 20.3. The molecule has 0 radical (unpaired) electrons. The quantitative estimate of drug-likeness (QED) is 0.488. The van der Waals surface area contributed by atoms with E-state index in [0.29, 0.717) is 35.5 Å². The van der Waals surface area contributed by atoms with Gasteiger partial charge in [-0.1, -0.05) is 51.5 Å². The molecule has 0 aliphatic heterocycles. The molecule has 4 aliphatic carbocycles. The molecular formula is C28H46O3. The van der Waals surface area contributed by atoms with Crippen LogP contribution in [0.5, 0.6) is 0 Å². The van der Waals surface area contributed by atoms with E-state index in [9.17, 15) is 15.3 Å². The lowest BCUT2D eigenvalue weighted by Crippen LogP contribution is -2.54. The molecule has 3 saturated carbocycles. The Bertz CT molecular complexity index is 711. The fourth-order valence-electron chi connectivity index (χ4n) is 8.63. The standard InChI is InChI=1S/C28H46O3/c1-17(2)18(3)6-7-19(4)24-15-25(31)26-22-9-8-20-14-21(30)10-13-28(20,16-29)23(22)11-12-27(24,26)5/h8,17,19,21-26,29-31H,3,6-7,9-16H2,1-2,4-5H3/t19-,21+,22-,23+,24-,25-,26-,27-,28-/m1/s1. The van der Waals surface area contributed by atoms with Gasteiger partial charge in [0.2, 0.25) is 0 Å². The van der Waals surface area contributed by atoms with Crippen LogP contribution in [-0.4, -0.2) is 34.1 Å². The molecule has 31 heavy (non-hydrogen) atoms. The van der Waals surface area contributed by atoms with Gasteiger partial charge in [-0.25, -0.2) is 0 Å². The highest BCUT2D eigenvalue weighted by Crippen LogP contribution is 2.67. The van der Waals surface area contributed by atoms with E-state index in [2.05, 4.69) is 40.3 Å². The number of aliphatic hydroxyl groups is 3. The number of fused-ring (bicyclic) bond motifs is 5. The van der Waals surface area contributed by atoms with Crippen LogP contribution in [0, 0.1) is 46.3 Å². The van der Waals surface area contributed by atoms with Crippen LogP contribution in [0.15, 0.2) is 23.8 Å². The van der Waals surface area contributed by atoms with Crippen LogP contribution >= 0.6 is 0 Å². The average molecular weight is 431 g/mol. The van der Waals surface area contributed by atoms with Crippen LogP contribution in [-0.2, 0) is 0 Å². The molecule has 4 rings (SSSR count). The SMILES string of the molecule is C=C(CC[C@@H](C)[C@H]1C[C@@H](O)[C@H]2[C@@H]3CC=C4C[C@@H](O)CC[C@]4(CO)[C@H]3CC[C@@]21C)C(C)C. The summed E-state index contributed by atoms with van der Waals surface area (Å²) in [5.74, 6) is 2.96. The van der Waals surface area contributed by atoms with Crippen molar-refractivity contribution in [2.75, 3.05) is 6.61 Å². The third kappa shape index (κ3) is 3.77. The summed E-state index contributed by atoms with van der Waals surface area (Å²) in [6, 6.07) is 0. The maximum Gasteiger partial charge on any atom is 0.0579 e. The monoisotopic (exact) mass is 430 g/mol. The Morgan fingerprint density at radius 1 is 1.19 bits per heavy atom. The lowest BCUT2D eigenvalue weighted by Gasteiger charge is -2.59. The van der Waals surface area contributed by atoms with Crippen LogP contribution in [0.4, 0.5) is 0 Å². The van der Waals surface area contributed by atoms with Crippen molar-refractivity contribution in [3.05, 3.63) is 23.8 Å². The first-order valence-corrected chi connectivity index (χ1v) is 13.0. The first-order valence-electron chi connectivity index (χ1n) is 13.0. The summed E-state index contributed by atoms with van der Waals surface area (Å²) in [5.41, 5.74) is 2.70. The Kier molecular flexibility index (Phi) is 6.53. The first-order chi connectivity index (χ1) is 14.6. The Balaban J connectivity index is 1.56. The second kappa shape index (κ2) is 8.61. The van der Waals surface area contributed by atoms with Crippen molar-refractivity contribution >= 4 is 0 Å². The zero-order chi connectivity index (χ0) is 22.6. The highest BCUT2D eigenvalue weighted by molar-refractivity contribution is 5.27. The van der Waals surface area contributed by atoms with Gasteiger partial charge in [-0.15, -0.1) is 0 Å². The second-order valence-corrected chi connectivity index (χ2v) is 12.3. The van der Waals surface area contributed by atoms with Crippen LogP contribution < -0.4 is 0 Å². The Labute approximate surface area is 190 Å². The fourth-order valence-corrected chi connectivity index (χ4v) is 8.63. The molecule has 4 aliphatic rings. The fraction of sp³-hybridized carbons (Fsp3) is 0.857. The van der Waals surface area contributed by atoms with Crippen LogP contribution in [0.25, 0.3) is 0 Å². The van der Waals surface area contributed by atoms with Gasteiger partial charge in [-0.2, -0.15) is 0 Å². The summed E-state index contributed by atoms with van der Waals surface area (Å²) in [6.45, 7) is 13.8. The van der Waals surface area contributed by atoms with Crippen LogP contribution in [0.3, 0.4) is 0 Å². The van der Waals surface area contributed by atoms with E-state index in [-0.39, 0.29) is 29.6 Å². The second-order valence-electron chi connectivity index (χ2n) is 12.3. The molecule has 0 amide bonds. The molecule has 3 nitrogen and oxygen atoms in total. The van der Waals surface area contributed by atoms with E-state index >= 15 is 0 Å². The molecule has 3 fully saturated rings. The van der Waals surface area contributed by atoms with Gasteiger partial charge in [0.25, 0.3) is 0 Å². The van der Waals surface area contributed by atoms with Gasteiger partial charge >= 0.3 is 0 Å². The van der Waals surface area contributed by atoms with E-state index in [0.717, 1.165) is 51.4 Å². The van der Waals surface area contributed by atoms with E-state index in [1.807, 2.05) is 0 Å². The number of aliphatic hydroxyl groups excluding tert-OH is 3. The maximum absolute atomic E-state index is 11.4. The molecule has 3 N–H and O–H groups in total. The first kappa shape index (κ1) is 23.5. The molecule has 9 atom stereocenters. The molecule has 0 heterocycles. The molecule has 0 aromatic heterocycles. The van der Waals surface area contributed by atoms with Crippen molar-refractivity contribution in [3.63, 3.8) is 0 Å². The van der Waals surface area contributed by atoms with Gasteiger partial charge in [0.05, 0.1) is 18.8 Å². The van der Waals surface area contributed by atoms with Crippen molar-refractivity contribution in [1.82, 2.24) is 0 Å². The Morgan fingerprint density at radius 2 is 1.94 bits per heavy atom. The minimum atomic E-state index is -0.251. The number of hydrogen-bond donors (Lipinski definition) is 3. The lowest BCUT2D eigenvalue weighted by molar-refractivity contribution is -0.0986. The molecule has 0 aromatic carbocycles. The number of rotatable bonds is 6. The molecule has 176 valence electrons. The van der Waals surface area contributed by atoms with E-state index in [1.165, 1.54) is 17.6 Å². The van der Waals surface area contributed by atoms with E-state index in [4.69, 9.17) is 0 Å². The van der Waals surface area contributed by atoms with E-state index in [1.54, 1.807) is 0 Å². The molecule has 0 aromatic rings. The highest BCUT2D eigenvalue weighted by Gasteiger charge is 2.62. The minimum absolute atomic E-state index is 0.151. The van der Waals surface area contributed by atoms with Crippen molar-refractivity contribution in [1.29, 1.82) is 0 Å². The molecule has 0 spiro atoms. The van der Waals surface area contributed by atoms with Gasteiger partial charge in [-0.3, -0.25) is 0 Å². The summed E-state index contributed by atoms with van der Waals surface area (Å²) in [6.07, 6.45) is 10.8. The van der Waals surface area contributed by atoms with E-state index < -0.39 is 0 Å². The van der Waals surface area contributed by atoms with Gasteiger partial charge in [0.15, 0.2) is 0 Å². The third-order valence-corrected chi connectivity index (χ3v) is 10.6. The summed E-state index contributed by atoms with van der Waals surface area (Å²) in [4.78, 5) is 0. The van der Waals surface area contributed by atoms with Crippen LogP contribution in [0.1, 0.15) is 85.5 Å². The van der Waals surface area contributed by atoms with Gasteiger partial charge in [-0.05, 0) is 98.7 Å². The third-order valence-electron chi connectivity index (χ3n) is 10.6. The van der Waals surface area contributed by atoms with Crippen molar-refractivity contribution in [3.8, 4) is 0 Å². The zero-order valence-corrected chi connectivity index (χ0v) is 20.3. The smallest absolute Gasteiger partial charge is 0.0579 e. The van der Waals surface area contributed by atoms with Crippen molar-refractivity contribution in [2.24, 2.45) is 46.3 Å². The van der Waals surface area contributed by atoms with Gasteiger partial charge in [0, 0.05) is 5.41 Å². The maximum atomic E-state index is 11.4. The summed E-state index contributed by atoms with van der Waals surface area (Å²) in [5, 5.41) is 32.2. The minimum Gasteiger partial charge on any atom is -0.395 e. The molecule has 0 unspecified atom stereocenters. The van der Waals surface area contributed by atoms with Crippen molar-refractivity contribution < 1.29 is 15.3 Å². The molecule has 0 bridgehead atoms. The lowest BCUT2D eigenvalue weighted by atomic mass is 9.46. The topological polar surface area (TPSA) is 60.7 Å². The van der Waals surface area contributed by atoms with Crippen molar-refractivity contribution in [2.45, 2.75) is 97.7 Å². The summed E-state index contributed by atoms with van der Waals surface area (Å²) < 4.78 is 0. The van der Waals surface area contributed by atoms with Crippen LogP contribution in [0.2, 0.25) is 0 Å². The largest absolute Gasteiger partial charge is 0.395 e. The number of hydrogen-bond acceptors (Lipinski definition) is 3. The van der Waals surface area contributed by atoms with Gasteiger partial charge < -0.3 is 15.3 Å². The summed E-state index contributed by atoms with van der Waals surface area (Å²) >= 11 is 0. The predicted octanol–water partition coefficient (Wildman–Crippen LogP) is 5.50. The number of allylic oxidation sites excluding steroid dienone is 2.